The van der Waals surface area contributed by atoms with Crippen LogP contribution < -0.4 is 4.72 Å². The number of aliphatic hydroxyl groups excluding tert-OH is 1. The number of hydrogen-bond donors (Lipinski definition) is 2. The van der Waals surface area contributed by atoms with Crippen molar-refractivity contribution >= 4 is 15.7 Å². The molecule has 1 aromatic carbocycles. The van der Waals surface area contributed by atoms with Crippen molar-refractivity contribution in [2.45, 2.75) is 64.4 Å². The van der Waals surface area contributed by atoms with Gasteiger partial charge in [-0.1, -0.05) is 25.5 Å². The van der Waals surface area contributed by atoms with Crippen LogP contribution in [0.2, 0.25) is 0 Å². The normalized spacial score (nSPS) is 13.7. The minimum Gasteiger partial charge on any atom is -0.388 e. The number of nitrogens with one attached hydrogen (secondary N) is 1. The lowest BCUT2D eigenvalue weighted by Crippen LogP contribution is -2.26. The number of aliphatic hydroxyl groups is 1. The van der Waals surface area contributed by atoms with Gasteiger partial charge in [0.1, 0.15) is 0 Å². The number of sulfonamides is 1. The average molecular weight is 421 g/mol. The van der Waals surface area contributed by atoms with Gasteiger partial charge in [0.15, 0.2) is 0 Å². The lowest BCUT2D eigenvalue weighted by Gasteiger charge is -2.21. The van der Waals surface area contributed by atoms with Crippen molar-refractivity contribution < 1.29 is 22.3 Å². The Morgan fingerprint density at radius 3 is 2.25 bits per heavy atom. The van der Waals surface area contributed by atoms with E-state index in [9.17, 15) is 22.3 Å². The molecule has 0 aliphatic carbocycles. The molecule has 1 rings (SSSR count). The third-order valence-electron chi connectivity index (χ3n) is 4.59. The molecule has 0 heterocycles. The maximum atomic E-state index is 12.8. The van der Waals surface area contributed by atoms with Gasteiger partial charge in [0.2, 0.25) is 15.9 Å². The summed E-state index contributed by atoms with van der Waals surface area (Å²) in [6.07, 6.45) is 4.13. The minimum absolute atomic E-state index is 0.0518. The first-order chi connectivity index (χ1) is 13.0. The van der Waals surface area contributed by atoms with Crippen LogP contribution >= 0.6 is 0 Å². The first-order valence-electron chi connectivity index (χ1n) is 9.86. The van der Waals surface area contributed by atoms with Crippen molar-refractivity contribution in [3.63, 3.8) is 0 Å². The second kappa shape index (κ2) is 11.7. The summed E-state index contributed by atoms with van der Waals surface area (Å²) < 4.78 is 50.4. The van der Waals surface area contributed by atoms with E-state index in [-0.39, 0.29) is 6.42 Å². The molecular weight excluding hydrogens is 386 g/mol. The van der Waals surface area contributed by atoms with Gasteiger partial charge in [-0.15, -0.1) is 0 Å². The number of hydrogen-bond acceptors (Lipinski definition) is 4. The Labute approximate surface area is 168 Å². The predicted molar refractivity (Wildman–Crippen MR) is 110 cm³/mol. The van der Waals surface area contributed by atoms with E-state index >= 15 is 0 Å². The molecule has 0 bridgehead atoms. The van der Waals surface area contributed by atoms with Gasteiger partial charge in [-0.3, -0.25) is 4.72 Å². The molecule has 0 saturated heterocycles. The summed E-state index contributed by atoms with van der Waals surface area (Å²) >= 11 is 0. The second-order valence-electron chi connectivity index (χ2n) is 7.47. The molecule has 0 aliphatic rings. The number of rotatable bonds is 14. The van der Waals surface area contributed by atoms with Crippen molar-refractivity contribution in [1.82, 2.24) is 4.90 Å². The Morgan fingerprint density at radius 2 is 1.71 bits per heavy atom. The van der Waals surface area contributed by atoms with Crippen molar-refractivity contribution in [1.29, 1.82) is 0 Å². The van der Waals surface area contributed by atoms with Crippen LogP contribution in [0, 0.1) is 0 Å². The summed E-state index contributed by atoms with van der Waals surface area (Å²) in [6, 6.07) is 6.72. The fraction of sp³-hybridized carbons (Fsp3) is 0.700. The lowest BCUT2D eigenvalue weighted by molar-refractivity contribution is 0.0102. The maximum absolute atomic E-state index is 12.8. The van der Waals surface area contributed by atoms with Crippen LogP contribution in [0.25, 0.3) is 0 Å². The highest BCUT2D eigenvalue weighted by Crippen LogP contribution is 2.22. The first kappa shape index (κ1) is 24.8. The standard InChI is InChI=1S/C20H34F2N2O3S/c1-4-24(15-7-5-6-14-20(2,21)22)16-8-9-19(25)17-10-12-18(13-11-17)23-28(3,26)27/h10-13,19,23,25H,4-9,14-16H2,1-3H3/t19-/m0/s1. The van der Waals surface area contributed by atoms with E-state index in [0.29, 0.717) is 18.5 Å². The molecule has 1 atom stereocenters. The van der Waals surface area contributed by atoms with E-state index in [1.54, 1.807) is 24.3 Å². The number of anilines is 1. The predicted octanol–water partition coefficient (Wildman–Crippen LogP) is 4.41. The van der Waals surface area contributed by atoms with Crippen molar-refractivity contribution in [2.75, 3.05) is 30.6 Å². The fourth-order valence-corrected chi connectivity index (χ4v) is 3.60. The zero-order chi connectivity index (χ0) is 21.2. The molecule has 0 fully saturated rings. The quantitative estimate of drug-likeness (QED) is 0.438. The molecular formula is C20H34F2N2O3S. The topological polar surface area (TPSA) is 69.6 Å². The first-order valence-corrected chi connectivity index (χ1v) is 11.8. The molecule has 8 heteroatoms. The molecule has 28 heavy (non-hydrogen) atoms. The van der Waals surface area contributed by atoms with Gasteiger partial charge in [-0.05, 0) is 69.9 Å². The molecule has 0 radical (unpaired) electrons. The molecule has 5 nitrogen and oxygen atoms in total. The van der Waals surface area contributed by atoms with Crippen LogP contribution in [0.5, 0.6) is 0 Å². The summed E-state index contributed by atoms with van der Waals surface area (Å²) in [5.74, 6) is -2.57. The summed E-state index contributed by atoms with van der Waals surface area (Å²) in [4.78, 5) is 2.27. The number of benzene rings is 1. The van der Waals surface area contributed by atoms with Crippen LogP contribution in [-0.2, 0) is 10.0 Å². The van der Waals surface area contributed by atoms with Crippen LogP contribution in [-0.4, -0.2) is 50.2 Å². The molecule has 1 aromatic rings. The van der Waals surface area contributed by atoms with Crippen LogP contribution in [0.15, 0.2) is 24.3 Å². The Hall–Kier alpha value is -1.25. The van der Waals surface area contributed by atoms with E-state index in [4.69, 9.17) is 0 Å². The highest BCUT2D eigenvalue weighted by atomic mass is 32.2. The van der Waals surface area contributed by atoms with E-state index in [2.05, 4.69) is 16.5 Å². The van der Waals surface area contributed by atoms with E-state index < -0.39 is 22.0 Å². The van der Waals surface area contributed by atoms with Gasteiger partial charge in [-0.25, -0.2) is 17.2 Å². The van der Waals surface area contributed by atoms with Gasteiger partial charge in [0, 0.05) is 12.1 Å². The molecule has 0 amide bonds. The fourth-order valence-electron chi connectivity index (χ4n) is 3.04. The highest BCUT2D eigenvalue weighted by molar-refractivity contribution is 7.92. The van der Waals surface area contributed by atoms with Crippen molar-refractivity contribution in [2.24, 2.45) is 0 Å². The largest absolute Gasteiger partial charge is 0.388 e. The van der Waals surface area contributed by atoms with Crippen molar-refractivity contribution in [3.05, 3.63) is 29.8 Å². The molecule has 0 spiro atoms. The lowest BCUT2D eigenvalue weighted by atomic mass is 10.0. The summed E-state index contributed by atoms with van der Waals surface area (Å²) in [5, 5.41) is 10.3. The summed E-state index contributed by atoms with van der Waals surface area (Å²) in [5.41, 5.74) is 1.22. The van der Waals surface area contributed by atoms with Gasteiger partial charge >= 0.3 is 0 Å². The average Bonchev–Trinajstić information content (AvgIpc) is 2.58. The molecule has 0 unspecified atom stereocenters. The van der Waals surface area contributed by atoms with Gasteiger partial charge < -0.3 is 10.0 Å². The Morgan fingerprint density at radius 1 is 1.11 bits per heavy atom. The molecule has 2 N–H and O–H groups in total. The molecule has 0 aliphatic heterocycles. The smallest absolute Gasteiger partial charge is 0.245 e. The monoisotopic (exact) mass is 420 g/mol. The zero-order valence-corrected chi connectivity index (χ0v) is 17.9. The van der Waals surface area contributed by atoms with Gasteiger partial charge in [0.05, 0.1) is 12.4 Å². The SMILES string of the molecule is CCN(CCCCCC(C)(F)F)CCC[C@H](O)c1ccc(NS(C)(=O)=O)cc1. The summed E-state index contributed by atoms with van der Waals surface area (Å²) in [6.45, 7) is 5.67. The number of halogens is 2. The molecule has 0 saturated carbocycles. The maximum Gasteiger partial charge on any atom is 0.245 e. The minimum atomic E-state index is -3.31. The van der Waals surface area contributed by atoms with Crippen LogP contribution in [0.1, 0.15) is 64.0 Å². The third kappa shape index (κ3) is 11.6. The number of alkyl halides is 2. The summed E-state index contributed by atoms with van der Waals surface area (Å²) in [7, 11) is -3.31. The molecule has 162 valence electrons. The second-order valence-corrected chi connectivity index (χ2v) is 9.22. The Balaban J connectivity index is 2.30. The van der Waals surface area contributed by atoms with Gasteiger partial charge in [-0.2, -0.15) is 0 Å². The Bertz CT molecular complexity index is 661. The zero-order valence-electron chi connectivity index (χ0n) is 17.1. The third-order valence-corrected chi connectivity index (χ3v) is 5.19. The molecule has 0 aromatic heterocycles. The van der Waals surface area contributed by atoms with Crippen molar-refractivity contribution in [3.8, 4) is 0 Å². The van der Waals surface area contributed by atoms with E-state index in [0.717, 1.165) is 57.6 Å². The number of unbranched alkanes of at least 4 members (excludes halogenated alkanes) is 2. The number of nitrogens with zero attached hydrogens (tertiary/aromatic N) is 1. The van der Waals surface area contributed by atoms with Crippen LogP contribution in [0.4, 0.5) is 14.5 Å². The Kier molecular flexibility index (Phi) is 10.3. The van der Waals surface area contributed by atoms with Crippen LogP contribution in [0.3, 0.4) is 0 Å². The van der Waals surface area contributed by atoms with E-state index in [1.807, 2.05) is 0 Å². The van der Waals surface area contributed by atoms with Gasteiger partial charge in [0.25, 0.3) is 0 Å². The van der Waals surface area contributed by atoms with E-state index in [1.165, 1.54) is 0 Å². The highest BCUT2D eigenvalue weighted by Gasteiger charge is 2.19.